The van der Waals surface area contributed by atoms with Crippen molar-refractivity contribution in [2.45, 2.75) is 45.1 Å². The zero-order valence-electron chi connectivity index (χ0n) is 10.2. The van der Waals surface area contributed by atoms with Gasteiger partial charge in [0.15, 0.2) is 0 Å². The highest BCUT2D eigenvalue weighted by Gasteiger charge is 2.14. The van der Waals surface area contributed by atoms with Crippen LogP contribution in [0, 0.1) is 12.7 Å². The van der Waals surface area contributed by atoms with Crippen LogP contribution >= 0.6 is 0 Å². The monoisotopic (exact) mass is 234 g/mol. The van der Waals surface area contributed by atoms with Crippen molar-refractivity contribution in [2.24, 2.45) is 0 Å². The summed E-state index contributed by atoms with van der Waals surface area (Å²) in [7, 11) is 0. The van der Waals surface area contributed by atoms with Crippen molar-refractivity contribution in [3.8, 4) is 0 Å². The maximum Gasteiger partial charge on any atom is 0.123 e. The predicted molar refractivity (Wildman–Crippen MR) is 67.3 cm³/mol. The van der Waals surface area contributed by atoms with E-state index in [-0.39, 0.29) is 5.82 Å². The predicted octanol–water partition coefficient (Wildman–Crippen LogP) is 4.06. The van der Waals surface area contributed by atoms with Crippen molar-refractivity contribution >= 4 is 0 Å². The number of hydrogen-bond donors (Lipinski definition) is 1. The Bertz CT molecular complexity index is 423. The standard InChI is InChI=1S/C15H19FO/c1-11-9-13(16)7-8-14(11)15(17)10-12-5-3-2-4-6-12/h5,7-9,15,17H,2-4,6,10H2,1H3. The maximum atomic E-state index is 13.0. The second kappa shape index (κ2) is 5.46. The third-order valence-electron chi connectivity index (χ3n) is 3.43. The Morgan fingerprint density at radius 1 is 1.35 bits per heavy atom. The van der Waals surface area contributed by atoms with Crippen LogP contribution < -0.4 is 0 Å². The van der Waals surface area contributed by atoms with E-state index in [1.54, 1.807) is 6.07 Å². The van der Waals surface area contributed by atoms with Crippen molar-refractivity contribution < 1.29 is 9.50 Å². The Balaban J connectivity index is 2.08. The van der Waals surface area contributed by atoms with Crippen LogP contribution in [0.15, 0.2) is 29.8 Å². The molecule has 0 fully saturated rings. The normalized spacial score (nSPS) is 17.7. The number of rotatable bonds is 3. The first-order chi connectivity index (χ1) is 8.16. The highest BCUT2D eigenvalue weighted by atomic mass is 19.1. The molecule has 1 unspecified atom stereocenters. The molecule has 1 nitrogen and oxygen atoms in total. The second-order valence-electron chi connectivity index (χ2n) is 4.83. The summed E-state index contributed by atoms with van der Waals surface area (Å²) < 4.78 is 13.0. The van der Waals surface area contributed by atoms with Gasteiger partial charge in [-0.1, -0.05) is 17.7 Å². The highest BCUT2D eigenvalue weighted by Crippen LogP contribution is 2.29. The number of aliphatic hydroxyl groups is 1. The van der Waals surface area contributed by atoms with Crippen molar-refractivity contribution in [2.75, 3.05) is 0 Å². The fourth-order valence-electron chi connectivity index (χ4n) is 2.46. The molecule has 17 heavy (non-hydrogen) atoms. The molecule has 0 spiro atoms. The van der Waals surface area contributed by atoms with Gasteiger partial charge >= 0.3 is 0 Å². The quantitative estimate of drug-likeness (QED) is 0.782. The SMILES string of the molecule is Cc1cc(F)ccc1C(O)CC1=CCCCC1. The summed E-state index contributed by atoms with van der Waals surface area (Å²) in [6.45, 7) is 1.84. The summed E-state index contributed by atoms with van der Waals surface area (Å²) in [5, 5.41) is 10.2. The van der Waals surface area contributed by atoms with Crippen LogP contribution in [0.3, 0.4) is 0 Å². The molecule has 0 saturated heterocycles. The zero-order valence-corrected chi connectivity index (χ0v) is 10.2. The Morgan fingerprint density at radius 3 is 2.82 bits per heavy atom. The van der Waals surface area contributed by atoms with Gasteiger partial charge in [-0.05, 0) is 62.3 Å². The van der Waals surface area contributed by atoms with Gasteiger partial charge in [-0.2, -0.15) is 0 Å². The Morgan fingerprint density at radius 2 is 2.18 bits per heavy atom. The summed E-state index contributed by atoms with van der Waals surface area (Å²) in [6.07, 6.45) is 7.13. The minimum absolute atomic E-state index is 0.240. The second-order valence-corrected chi connectivity index (χ2v) is 4.83. The van der Waals surface area contributed by atoms with E-state index in [1.165, 1.54) is 30.5 Å². The highest BCUT2D eigenvalue weighted by molar-refractivity contribution is 5.29. The van der Waals surface area contributed by atoms with E-state index in [1.807, 2.05) is 6.92 Å². The Kier molecular flexibility index (Phi) is 3.95. The topological polar surface area (TPSA) is 20.2 Å². The number of halogens is 1. The fraction of sp³-hybridized carbons (Fsp3) is 0.467. The molecule has 92 valence electrons. The van der Waals surface area contributed by atoms with Crippen LogP contribution in [-0.2, 0) is 0 Å². The van der Waals surface area contributed by atoms with Gasteiger partial charge in [0, 0.05) is 0 Å². The molecule has 0 radical (unpaired) electrons. The van der Waals surface area contributed by atoms with E-state index in [0.29, 0.717) is 6.42 Å². The lowest BCUT2D eigenvalue weighted by Gasteiger charge is -2.18. The fourth-order valence-corrected chi connectivity index (χ4v) is 2.46. The van der Waals surface area contributed by atoms with Crippen LogP contribution in [0.25, 0.3) is 0 Å². The van der Waals surface area contributed by atoms with Crippen molar-refractivity contribution in [1.82, 2.24) is 0 Å². The average Bonchev–Trinajstić information content (AvgIpc) is 2.30. The first kappa shape index (κ1) is 12.3. The van der Waals surface area contributed by atoms with Gasteiger partial charge in [0.25, 0.3) is 0 Å². The largest absolute Gasteiger partial charge is 0.388 e. The Labute approximate surface area is 102 Å². The maximum absolute atomic E-state index is 13.0. The lowest BCUT2D eigenvalue weighted by atomic mass is 9.91. The lowest BCUT2D eigenvalue weighted by molar-refractivity contribution is 0.175. The molecule has 0 aliphatic heterocycles. The molecular formula is C15H19FO. The number of aryl methyl sites for hydroxylation is 1. The third-order valence-corrected chi connectivity index (χ3v) is 3.43. The summed E-state index contributed by atoms with van der Waals surface area (Å²) in [5.41, 5.74) is 3.01. The molecule has 1 N–H and O–H groups in total. The van der Waals surface area contributed by atoms with E-state index in [4.69, 9.17) is 0 Å². The number of hydrogen-bond acceptors (Lipinski definition) is 1. The summed E-state index contributed by atoms with van der Waals surface area (Å²) >= 11 is 0. The van der Waals surface area contributed by atoms with E-state index >= 15 is 0 Å². The first-order valence-corrected chi connectivity index (χ1v) is 6.29. The molecule has 1 aliphatic carbocycles. The number of allylic oxidation sites excluding steroid dienone is 1. The van der Waals surface area contributed by atoms with Gasteiger partial charge in [-0.3, -0.25) is 0 Å². The van der Waals surface area contributed by atoms with Gasteiger partial charge < -0.3 is 5.11 Å². The van der Waals surface area contributed by atoms with E-state index in [9.17, 15) is 9.50 Å². The molecule has 0 saturated carbocycles. The van der Waals surface area contributed by atoms with Gasteiger partial charge in [0.2, 0.25) is 0 Å². The van der Waals surface area contributed by atoms with Crippen LogP contribution in [0.4, 0.5) is 4.39 Å². The van der Waals surface area contributed by atoms with Gasteiger partial charge in [-0.25, -0.2) is 4.39 Å². The van der Waals surface area contributed by atoms with Crippen molar-refractivity contribution in [1.29, 1.82) is 0 Å². The minimum Gasteiger partial charge on any atom is -0.388 e. The van der Waals surface area contributed by atoms with E-state index < -0.39 is 6.10 Å². The molecule has 1 aromatic rings. The van der Waals surface area contributed by atoms with Gasteiger partial charge in [0.1, 0.15) is 5.82 Å². The van der Waals surface area contributed by atoms with Crippen LogP contribution in [-0.4, -0.2) is 5.11 Å². The van der Waals surface area contributed by atoms with Crippen molar-refractivity contribution in [3.05, 3.63) is 46.8 Å². The van der Waals surface area contributed by atoms with Crippen LogP contribution in [0.1, 0.15) is 49.3 Å². The zero-order chi connectivity index (χ0) is 12.3. The number of aliphatic hydroxyl groups excluding tert-OH is 1. The molecule has 2 rings (SSSR count). The minimum atomic E-state index is -0.500. The molecule has 1 aliphatic rings. The molecule has 0 aromatic heterocycles. The average molecular weight is 234 g/mol. The van der Waals surface area contributed by atoms with Crippen LogP contribution in [0.2, 0.25) is 0 Å². The van der Waals surface area contributed by atoms with Crippen LogP contribution in [0.5, 0.6) is 0 Å². The van der Waals surface area contributed by atoms with Gasteiger partial charge in [0.05, 0.1) is 6.10 Å². The third kappa shape index (κ3) is 3.16. The molecule has 1 aromatic carbocycles. The summed E-state index contributed by atoms with van der Waals surface area (Å²) in [6, 6.07) is 4.59. The Hall–Kier alpha value is -1.15. The molecule has 0 amide bonds. The lowest BCUT2D eigenvalue weighted by Crippen LogP contribution is -2.04. The smallest absolute Gasteiger partial charge is 0.123 e. The van der Waals surface area contributed by atoms with Gasteiger partial charge in [-0.15, -0.1) is 0 Å². The van der Waals surface area contributed by atoms with E-state index in [2.05, 4.69) is 6.08 Å². The van der Waals surface area contributed by atoms with E-state index in [0.717, 1.165) is 24.0 Å². The molecule has 1 atom stereocenters. The molecular weight excluding hydrogens is 215 g/mol. The van der Waals surface area contributed by atoms with Crippen molar-refractivity contribution in [3.63, 3.8) is 0 Å². The number of benzene rings is 1. The molecule has 0 bridgehead atoms. The summed E-state index contributed by atoms with van der Waals surface area (Å²) in [5.74, 6) is -0.240. The molecule has 2 heteroatoms. The summed E-state index contributed by atoms with van der Waals surface area (Å²) in [4.78, 5) is 0. The first-order valence-electron chi connectivity index (χ1n) is 6.29. The molecule has 0 heterocycles.